The Bertz CT molecular complexity index is 877. The molecule has 31 heavy (non-hydrogen) atoms. The molecule has 0 aliphatic carbocycles. The minimum Gasteiger partial charge on any atom is -0.479 e. The van der Waals surface area contributed by atoms with E-state index >= 15 is 0 Å². The van der Waals surface area contributed by atoms with Gasteiger partial charge >= 0.3 is 29.9 Å². The van der Waals surface area contributed by atoms with E-state index in [4.69, 9.17) is 4.74 Å². The summed E-state index contributed by atoms with van der Waals surface area (Å²) in [6.07, 6.45) is -0.669. The Morgan fingerprint density at radius 3 is 2.23 bits per heavy atom. The largest absolute Gasteiger partial charge is 0.479 e. The smallest absolute Gasteiger partial charge is 0.412 e. The molecule has 1 aliphatic rings. The maximum absolute atomic E-state index is 12.5. The van der Waals surface area contributed by atoms with Gasteiger partial charge in [-0.25, -0.2) is 14.4 Å². The van der Waals surface area contributed by atoms with Crippen molar-refractivity contribution in [2.24, 2.45) is 0 Å². The molecule has 0 saturated carbocycles. The summed E-state index contributed by atoms with van der Waals surface area (Å²) >= 11 is 0. The van der Waals surface area contributed by atoms with Crippen LogP contribution in [0.25, 0.3) is 0 Å². The minimum absolute atomic E-state index is 0.0324. The fourth-order valence-corrected chi connectivity index (χ4v) is 2.84. The fraction of sp³-hybridized carbons (Fsp3) is 0.450. The van der Waals surface area contributed by atoms with E-state index < -0.39 is 41.6 Å². The van der Waals surface area contributed by atoms with Crippen LogP contribution in [-0.4, -0.2) is 70.0 Å². The number of nitrogens with one attached hydrogen (secondary N) is 2. The lowest BCUT2D eigenvalue weighted by molar-refractivity contribution is -0.153. The number of aliphatic carboxylic acids is 1. The summed E-state index contributed by atoms with van der Waals surface area (Å²) in [6, 6.07) is 3.29. The molecule has 3 N–H and O–H groups in total. The molecule has 11 heteroatoms. The van der Waals surface area contributed by atoms with Crippen LogP contribution in [0.15, 0.2) is 24.3 Å². The maximum atomic E-state index is 12.5. The second-order valence-electron chi connectivity index (χ2n) is 7.81. The van der Waals surface area contributed by atoms with Crippen molar-refractivity contribution in [3.8, 4) is 0 Å². The molecule has 1 aromatic rings. The number of imide groups is 1. The minimum atomic E-state index is -1.46. The van der Waals surface area contributed by atoms with E-state index in [1.165, 1.54) is 29.2 Å². The monoisotopic (exact) mass is 434 g/mol. The Kier molecular flexibility index (Phi) is 7.21. The number of ether oxygens (including phenoxy) is 1. The summed E-state index contributed by atoms with van der Waals surface area (Å²) in [5.41, 5.74) is -0.101. The molecule has 1 atom stereocenters. The molecular formula is C20H26N4O7. The van der Waals surface area contributed by atoms with Gasteiger partial charge in [0.1, 0.15) is 5.60 Å². The van der Waals surface area contributed by atoms with Crippen molar-refractivity contribution in [3.05, 3.63) is 29.8 Å². The molecule has 5 amide bonds. The van der Waals surface area contributed by atoms with Crippen molar-refractivity contribution in [3.63, 3.8) is 0 Å². The van der Waals surface area contributed by atoms with Crippen LogP contribution in [0.1, 0.15) is 39.3 Å². The highest BCUT2D eigenvalue weighted by Gasteiger charge is 2.37. The molecule has 0 spiro atoms. The van der Waals surface area contributed by atoms with Crippen molar-refractivity contribution in [2.45, 2.75) is 39.3 Å². The van der Waals surface area contributed by atoms with Crippen LogP contribution in [-0.2, 0) is 19.1 Å². The van der Waals surface area contributed by atoms with Gasteiger partial charge in [0.25, 0.3) is 0 Å². The predicted molar refractivity (Wildman–Crippen MR) is 109 cm³/mol. The molecule has 1 unspecified atom stereocenters. The normalized spacial score (nSPS) is 15.4. The van der Waals surface area contributed by atoms with Crippen LogP contribution in [0.5, 0.6) is 0 Å². The van der Waals surface area contributed by atoms with Crippen LogP contribution >= 0.6 is 0 Å². The molecular weight excluding hydrogens is 408 g/mol. The van der Waals surface area contributed by atoms with Gasteiger partial charge in [0.15, 0.2) is 6.04 Å². The van der Waals surface area contributed by atoms with E-state index in [0.717, 1.165) is 0 Å². The van der Waals surface area contributed by atoms with Crippen LogP contribution in [0.3, 0.4) is 0 Å². The summed E-state index contributed by atoms with van der Waals surface area (Å²) in [7, 11) is 0. The predicted octanol–water partition coefficient (Wildman–Crippen LogP) is 1.56. The van der Waals surface area contributed by atoms with Crippen molar-refractivity contribution < 1.29 is 33.8 Å². The highest BCUT2D eigenvalue weighted by Crippen LogP contribution is 2.19. The highest BCUT2D eigenvalue weighted by molar-refractivity contribution is 6.38. The molecule has 1 heterocycles. The van der Waals surface area contributed by atoms with Gasteiger partial charge in [0.05, 0.1) is 0 Å². The van der Waals surface area contributed by atoms with Crippen LogP contribution in [0.2, 0.25) is 0 Å². The van der Waals surface area contributed by atoms with Gasteiger partial charge in [-0.05, 0) is 45.4 Å². The van der Waals surface area contributed by atoms with Crippen molar-refractivity contribution in [2.75, 3.05) is 25.0 Å². The van der Waals surface area contributed by atoms with E-state index in [2.05, 4.69) is 10.6 Å². The number of benzene rings is 1. The second kappa shape index (κ2) is 9.45. The number of carboxylic acid groups (broad SMARTS) is 1. The van der Waals surface area contributed by atoms with E-state index in [1.807, 2.05) is 0 Å². The summed E-state index contributed by atoms with van der Waals surface area (Å²) in [4.78, 5) is 62.1. The Hall–Kier alpha value is -3.63. The van der Waals surface area contributed by atoms with Crippen molar-refractivity contribution in [1.82, 2.24) is 15.1 Å². The zero-order valence-corrected chi connectivity index (χ0v) is 17.8. The molecule has 1 fully saturated rings. The number of carbonyl (C=O) groups excluding carboxylic acids is 4. The van der Waals surface area contributed by atoms with Gasteiger partial charge in [0.2, 0.25) is 0 Å². The van der Waals surface area contributed by atoms with Gasteiger partial charge in [0, 0.05) is 25.3 Å². The van der Waals surface area contributed by atoms with Crippen LogP contribution < -0.4 is 10.6 Å². The fourth-order valence-electron chi connectivity index (χ4n) is 2.84. The Morgan fingerprint density at radius 2 is 1.71 bits per heavy atom. The highest BCUT2D eigenvalue weighted by atomic mass is 16.6. The average molecular weight is 434 g/mol. The maximum Gasteiger partial charge on any atom is 0.412 e. The molecule has 0 radical (unpaired) electrons. The number of hydrogen-bond donors (Lipinski definition) is 3. The molecule has 1 aliphatic heterocycles. The number of hydrogen-bond acceptors (Lipinski definition) is 6. The Morgan fingerprint density at radius 1 is 1.10 bits per heavy atom. The summed E-state index contributed by atoms with van der Waals surface area (Å²) in [6.45, 7) is 7.35. The average Bonchev–Trinajstić information content (AvgIpc) is 2.67. The molecule has 1 aromatic carbocycles. The summed E-state index contributed by atoms with van der Waals surface area (Å²) < 4.78 is 5.14. The third-order valence-corrected chi connectivity index (χ3v) is 4.34. The van der Waals surface area contributed by atoms with Gasteiger partial charge in [-0.15, -0.1) is 0 Å². The van der Waals surface area contributed by atoms with Gasteiger partial charge < -0.3 is 20.1 Å². The molecule has 2 rings (SSSR count). The summed E-state index contributed by atoms with van der Waals surface area (Å²) in [5, 5.41) is 14.3. The number of carboxylic acids is 1. The lowest BCUT2D eigenvalue weighted by atomic mass is 10.1. The summed E-state index contributed by atoms with van der Waals surface area (Å²) in [5.74, 6) is -3.17. The second-order valence-corrected chi connectivity index (χ2v) is 7.81. The number of piperazine rings is 1. The Labute approximate surface area is 179 Å². The van der Waals surface area contributed by atoms with Gasteiger partial charge in [-0.2, -0.15) is 0 Å². The molecule has 0 bridgehead atoms. The lowest BCUT2D eigenvalue weighted by Crippen LogP contribution is -2.58. The third kappa shape index (κ3) is 6.17. The molecule has 168 valence electrons. The standard InChI is InChI=1S/C20H26N4O7/c1-5-23-10-11-24(16(26)15(23)25)18(29)22-14(17(27)28)12-6-8-13(9-7-12)21-19(30)31-20(2,3)4/h6-9,14H,5,10-11H2,1-4H3,(H,21,30)(H,22,29)(H,27,28). The number of urea groups is 1. The first kappa shape index (κ1) is 23.6. The SMILES string of the molecule is CCN1CCN(C(=O)NC(C(=O)O)c2ccc(NC(=O)OC(C)(C)C)cc2)C(=O)C1=O. The van der Waals surface area contributed by atoms with Crippen molar-refractivity contribution in [1.29, 1.82) is 0 Å². The number of likely N-dealkylation sites (N-methyl/N-ethyl adjacent to an activating group) is 1. The topological polar surface area (TPSA) is 145 Å². The third-order valence-electron chi connectivity index (χ3n) is 4.34. The first-order valence-corrected chi connectivity index (χ1v) is 9.67. The van der Waals surface area contributed by atoms with Crippen LogP contribution in [0.4, 0.5) is 15.3 Å². The number of nitrogens with zero attached hydrogens (tertiary/aromatic N) is 2. The Balaban J connectivity index is 2.08. The number of anilines is 1. The quantitative estimate of drug-likeness (QED) is 0.596. The van der Waals surface area contributed by atoms with Gasteiger partial charge in [-0.1, -0.05) is 12.1 Å². The first-order valence-electron chi connectivity index (χ1n) is 9.67. The molecule has 0 aromatic heterocycles. The van der Waals surface area contributed by atoms with Crippen LogP contribution in [0, 0.1) is 0 Å². The lowest BCUT2D eigenvalue weighted by Gasteiger charge is -2.32. The number of rotatable bonds is 5. The number of carbonyl (C=O) groups is 5. The van der Waals surface area contributed by atoms with E-state index in [0.29, 0.717) is 17.1 Å². The van der Waals surface area contributed by atoms with Gasteiger partial charge in [-0.3, -0.25) is 19.8 Å². The molecule has 1 saturated heterocycles. The first-order chi connectivity index (χ1) is 14.4. The van der Waals surface area contributed by atoms with Crippen molar-refractivity contribution >= 4 is 35.6 Å². The zero-order chi connectivity index (χ0) is 23.3. The molecule has 11 nitrogen and oxygen atoms in total. The van der Waals surface area contributed by atoms with E-state index in [-0.39, 0.29) is 18.7 Å². The van der Waals surface area contributed by atoms with E-state index in [9.17, 15) is 29.1 Å². The van der Waals surface area contributed by atoms with E-state index in [1.54, 1.807) is 27.7 Å². The number of amides is 5. The zero-order valence-electron chi connectivity index (χ0n) is 17.8.